The van der Waals surface area contributed by atoms with Crippen molar-refractivity contribution in [2.75, 3.05) is 19.7 Å². The highest BCUT2D eigenvalue weighted by Gasteiger charge is 2.40. The van der Waals surface area contributed by atoms with E-state index in [4.69, 9.17) is 4.74 Å². The maximum atomic E-state index is 12.2. The van der Waals surface area contributed by atoms with Crippen LogP contribution < -0.4 is 0 Å². The van der Waals surface area contributed by atoms with E-state index in [1.807, 2.05) is 35.2 Å². The average molecular weight is 289 g/mol. The first-order valence-corrected chi connectivity index (χ1v) is 7.84. The van der Waals surface area contributed by atoms with Crippen molar-refractivity contribution in [3.8, 4) is 0 Å². The number of nitrogens with zero attached hydrogens (tertiary/aromatic N) is 1. The van der Waals surface area contributed by atoms with E-state index < -0.39 is 0 Å². The summed E-state index contributed by atoms with van der Waals surface area (Å²) in [5.74, 6) is 1.49. The lowest BCUT2D eigenvalue weighted by molar-refractivity contribution is 0.0557. The molecule has 3 atom stereocenters. The van der Waals surface area contributed by atoms with Gasteiger partial charge in [-0.1, -0.05) is 30.3 Å². The van der Waals surface area contributed by atoms with Gasteiger partial charge in [-0.2, -0.15) is 0 Å². The van der Waals surface area contributed by atoms with Crippen LogP contribution in [0.2, 0.25) is 0 Å². The summed E-state index contributed by atoms with van der Waals surface area (Å²) in [6.07, 6.45) is 3.12. The molecule has 1 aromatic carbocycles. The first-order valence-electron chi connectivity index (χ1n) is 7.84. The van der Waals surface area contributed by atoms with Crippen molar-refractivity contribution >= 4 is 6.09 Å². The first kappa shape index (κ1) is 14.4. The maximum absolute atomic E-state index is 12.2. The molecule has 0 radical (unpaired) electrons. The molecule has 114 valence electrons. The first-order chi connectivity index (χ1) is 10.3. The maximum Gasteiger partial charge on any atom is 0.410 e. The van der Waals surface area contributed by atoms with Crippen molar-refractivity contribution < 1.29 is 14.6 Å². The van der Waals surface area contributed by atoms with Crippen molar-refractivity contribution in [1.82, 2.24) is 4.90 Å². The molecule has 1 aromatic rings. The molecule has 21 heavy (non-hydrogen) atoms. The Morgan fingerprint density at radius 2 is 2.05 bits per heavy atom. The summed E-state index contributed by atoms with van der Waals surface area (Å²) >= 11 is 0. The number of hydrogen-bond donors (Lipinski definition) is 1. The lowest BCUT2D eigenvalue weighted by atomic mass is 9.84. The highest BCUT2D eigenvalue weighted by Crippen LogP contribution is 2.41. The second kappa shape index (κ2) is 6.48. The third kappa shape index (κ3) is 3.21. The van der Waals surface area contributed by atoms with Crippen LogP contribution in [-0.2, 0) is 11.3 Å². The molecule has 4 heteroatoms. The SMILES string of the molecule is O=C(OCc1ccccc1)N1CC[C@H]2CC[C@@H](CO)[C@H]2C1. The van der Waals surface area contributed by atoms with E-state index in [1.54, 1.807) is 0 Å². The second-order valence-corrected chi connectivity index (χ2v) is 6.22. The fourth-order valence-electron chi connectivity index (χ4n) is 3.77. The van der Waals surface area contributed by atoms with Gasteiger partial charge < -0.3 is 14.7 Å². The summed E-state index contributed by atoms with van der Waals surface area (Å²) in [5, 5.41) is 9.45. The van der Waals surface area contributed by atoms with Crippen molar-refractivity contribution in [2.45, 2.75) is 25.9 Å². The monoisotopic (exact) mass is 289 g/mol. The number of aliphatic hydroxyl groups is 1. The molecule has 0 bridgehead atoms. The van der Waals surface area contributed by atoms with Gasteiger partial charge in [-0.3, -0.25) is 0 Å². The van der Waals surface area contributed by atoms with Gasteiger partial charge in [0.25, 0.3) is 0 Å². The van der Waals surface area contributed by atoms with Gasteiger partial charge in [0.15, 0.2) is 0 Å². The van der Waals surface area contributed by atoms with Crippen LogP contribution in [0.25, 0.3) is 0 Å². The van der Waals surface area contributed by atoms with Crippen molar-refractivity contribution in [1.29, 1.82) is 0 Å². The normalized spacial score (nSPS) is 28.2. The summed E-state index contributed by atoms with van der Waals surface area (Å²) < 4.78 is 5.41. The van der Waals surface area contributed by atoms with Crippen LogP contribution in [0.15, 0.2) is 30.3 Å². The highest BCUT2D eigenvalue weighted by atomic mass is 16.6. The van der Waals surface area contributed by atoms with Crippen LogP contribution >= 0.6 is 0 Å². The number of likely N-dealkylation sites (tertiary alicyclic amines) is 1. The zero-order valence-electron chi connectivity index (χ0n) is 12.3. The van der Waals surface area contributed by atoms with Crippen molar-refractivity contribution in [3.63, 3.8) is 0 Å². The predicted molar refractivity (Wildman–Crippen MR) is 79.6 cm³/mol. The molecule has 1 aliphatic carbocycles. The highest BCUT2D eigenvalue weighted by molar-refractivity contribution is 5.67. The number of hydrogen-bond acceptors (Lipinski definition) is 3. The number of carbonyl (C=O) groups is 1. The Balaban J connectivity index is 1.53. The minimum Gasteiger partial charge on any atom is -0.445 e. The van der Waals surface area contributed by atoms with Crippen LogP contribution in [0.3, 0.4) is 0 Å². The van der Waals surface area contributed by atoms with E-state index in [0.717, 1.165) is 31.5 Å². The number of amides is 1. The molecule has 1 N–H and O–H groups in total. The van der Waals surface area contributed by atoms with Gasteiger partial charge in [0.1, 0.15) is 6.61 Å². The van der Waals surface area contributed by atoms with E-state index >= 15 is 0 Å². The molecule has 2 fully saturated rings. The van der Waals surface area contributed by atoms with Crippen LogP contribution in [-0.4, -0.2) is 35.8 Å². The predicted octanol–water partition coefficient (Wildman–Crippen LogP) is 2.66. The van der Waals surface area contributed by atoms with E-state index in [9.17, 15) is 9.90 Å². The molecular weight excluding hydrogens is 266 g/mol. The molecule has 1 saturated heterocycles. The molecule has 2 aliphatic rings. The van der Waals surface area contributed by atoms with Gasteiger partial charge in [0, 0.05) is 19.7 Å². The van der Waals surface area contributed by atoms with E-state index in [1.165, 1.54) is 6.42 Å². The summed E-state index contributed by atoms with van der Waals surface area (Å²) in [4.78, 5) is 14.0. The molecule has 0 unspecified atom stereocenters. The number of ether oxygens (including phenoxy) is 1. The molecule has 3 rings (SSSR count). The van der Waals surface area contributed by atoms with Gasteiger partial charge >= 0.3 is 6.09 Å². The molecule has 4 nitrogen and oxygen atoms in total. The fourth-order valence-corrected chi connectivity index (χ4v) is 3.77. The fraction of sp³-hybridized carbons (Fsp3) is 0.588. The molecule has 1 saturated carbocycles. The Morgan fingerprint density at radius 3 is 2.81 bits per heavy atom. The molecule has 1 heterocycles. The number of fused-ring (bicyclic) bond motifs is 1. The summed E-state index contributed by atoms with van der Waals surface area (Å²) in [6.45, 7) is 2.10. The van der Waals surface area contributed by atoms with Crippen molar-refractivity contribution in [2.24, 2.45) is 17.8 Å². The number of carbonyl (C=O) groups excluding carboxylic acids is 1. The Kier molecular flexibility index (Phi) is 4.44. The number of aliphatic hydroxyl groups excluding tert-OH is 1. The Bertz CT molecular complexity index is 470. The second-order valence-electron chi connectivity index (χ2n) is 6.22. The Morgan fingerprint density at radius 1 is 1.24 bits per heavy atom. The Labute approximate surface area is 125 Å². The lowest BCUT2D eigenvalue weighted by Gasteiger charge is -2.36. The summed E-state index contributed by atoms with van der Waals surface area (Å²) in [5.41, 5.74) is 1.01. The molecule has 1 amide bonds. The Hall–Kier alpha value is -1.55. The smallest absolute Gasteiger partial charge is 0.410 e. The number of piperidine rings is 1. The number of benzene rings is 1. The van der Waals surface area contributed by atoms with Crippen LogP contribution in [0.1, 0.15) is 24.8 Å². The standard InChI is InChI=1S/C17H23NO3/c19-11-15-7-6-14-8-9-18(10-16(14)15)17(20)21-12-13-4-2-1-3-5-13/h1-5,14-16,19H,6-12H2/t14-,15+,16+/m1/s1. The molecule has 1 aliphatic heterocycles. The van der Waals surface area contributed by atoms with Gasteiger partial charge in [0.2, 0.25) is 0 Å². The molecule has 0 aromatic heterocycles. The average Bonchev–Trinajstić information content (AvgIpc) is 2.95. The van der Waals surface area contributed by atoms with Gasteiger partial charge in [-0.15, -0.1) is 0 Å². The molecule has 0 spiro atoms. The zero-order chi connectivity index (χ0) is 14.7. The van der Waals surface area contributed by atoms with Crippen LogP contribution in [0.5, 0.6) is 0 Å². The topological polar surface area (TPSA) is 49.8 Å². The van der Waals surface area contributed by atoms with Crippen molar-refractivity contribution in [3.05, 3.63) is 35.9 Å². The third-order valence-electron chi connectivity index (χ3n) is 5.02. The minimum absolute atomic E-state index is 0.221. The van der Waals surface area contributed by atoms with E-state index in [-0.39, 0.29) is 12.7 Å². The van der Waals surface area contributed by atoms with E-state index in [2.05, 4.69) is 0 Å². The zero-order valence-corrected chi connectivity index (χ0v) is 12.3. The summed E-state index contributed by atoms with van der Waals surface area (Å²) in [7, 11) is 0. The van der Waals surface area contributed by atoms with Gasteiger partial charge in [-0.25, -0.2) is 4.79 Å². The lowest BCUT2D eigenvalue weighted by Crippen LogP contribution is -2.44. The molecular formula is C17H23NO3. The number of rotatable bonds is 3. The largest absolute Gasteiger partial charge is 0.445 e. The van der Waals surface area contributed by atoms with Crippen LogP contribution in [0, 0.1) is 17.8 Å². The minimum atomic E-state index is -0.221. The van der Waals surface area contributed by atoms with E-state index in [0.29, 0.717) is 24.4 Å². The van der Waals surface area contributed by atoms with Crippen LogP contribution in [0.4, 0.5) is 4.79 Å². The van der Waals surface area contributed by atoms with Gasteiger partial charge in [0.05, 0.1) is 0 Å². The summed E-state index contributed by atoms with van der Waals surface area (Å²) in [6, 6.07) is 9.75. The third-order valence-corrected chi connectivity index (χ3v) is 5.02. The quantitative estimate of drug-likeness (QED) is 0.930. The van der Waals surface area contributed by atoms with Gasteiger partial charge in [-0.05, 0) is 42.6 Å².